The van der Waals surface area contributed by atoms with Crippen LogP contribution in [-0.2, 0) is 11.3 Å². The SMILES string of the molecule is C=CCn1c(SCC(=O)NC2CCCC2)nnc1C(C)Oc1ccccc1Cl. The lowest BCUT2D eigenvalue weighted by atomic mass is 10.2. The Hall–Kier alpha value is -1.99. The number of carbonyl (C=O) groups is 1. The number of nitrogens with zero attached hydrogens (tertiary/aromatic N) is 3. The number of hydrogen-bond donors (Lipinski definition) is 1. The number of amides is 1. The maximum Gasteiger partial charge on any atom is 0.230 e. The molecule has 6 nitrogen and oxygen atoms in total. The van der Waals surface area contributed by atoms with Crippen molar-refractivity contribution in [1.29, 1.82) is 0 Å². The lowest BCUT2D eigenvalue weighted by Gasteiger charge is -2.16. The standard InChI is InChI=1S/C20H25ClN4O2S/c1-3-12-25-19(14(2)27-17-11-7-6-10-16(17)21)23-24-20(25)28-13-18(26)22-15-8-4-5-9-15/h3,6-7,10-11,14-15H,1,4-5,8-9,12-13H2,2H3,(H,22,26). The zero-order valence-electron chi connectivity index (χ0n) is 15.9. The maximum atomic E-state index is 12.2. The predicted octanol–water partition coefficient (Wildman–Crippen LogP) is 4.41. The molecule has 0 radical (unpaired) electrons. The van der Waals surface area contributed by atoms with E-state index in [0.29, 0.717) is 40.1 Å². The third-order valence-electron chi connectivity index (χ3n) is 4.61. The normalized spacial score (nSPS) is 15.4. The van der Waals surface area contributed by atoms with E-state index in [1.165, 1.54) is 24.6 Å². The monoisotopic (exact) mass is 420 g/mol. The van der Waals surface area contributed by atoms with Gasteiger partial charge in [-0.2, -0.15) is 0 Å². The Kier molecular flexibility index (Phi) is 7.39. The molecule has 1 saturated carbocycles. The number of carbonyl (C=O) groups excluding carboxylic acids is 1. The summed E-state index contributed by atoms with van der Waals surface area (Å²) < 4.78 is 7.89. The first kappa shape index (κ1) is 20.7. The smallest absolute Gasteiger partial charge is 0.230 e. The lowest BCUT2D eigenvalue weighted by molar-refractivity contribution is -0.119. The molecule has 0 aliphatic heterocycles. The summed E-state index contributed by atoms with van der Waals surface area (Å²) in [6.45, 7) is 6.24. The molecule has 1 amide bonds. The first-order valence-corrected chi connectivity index (χ1v) is 10.8. The van der Waals surface area contributed by atoms with E-state index in [1.807, 2.05) is 29.7 Å². The Morgan fingerprint density at radius 2 is 2.18 bits per heavy atom. The van der Waals surface area contributed by atoms with Crippen molar-refractivity contribution >= 4 is 29.3 Å². The van der Waals surface area contributed by atoms with Crippen LogP contribution in [0.3, 0.4) is 0 Å². The number of allylic oxidation sites excluding steroid dienone is 1. The molecule has 150 valence electrons. The van der Waals surface area contributed by atoms with E-state index in [0.717, 1.165) is 12.8 Å². The highest BCUT2D eigenvalue weighted by Gasteiger charge is 2.21. The number of ether oxygens (including phenoxy) is 1. The third kappa shape index (κ3) is 5.29. The highest BCUT2D eigenvalue weighted by Crippen LogP contribution is 2.29. The summed E-state index contributed by atoms with van der Waals surface area (Å²) in [6.07, 6.45) is 5.96. The van der Waals surface area contributed by atoms with Gasteiger partial charge in [-0.1, -0.05) is 54.4 Å². The summed E-state index contributed by atoms with van der Waals surface area (Å²) in [6, 6.07) is 7.63. The fourth-order valence-corrected chi connectivity index (χ4v) is 4.21. The number of halogens is 1. The number of rotatable bonds is 9. The molecule has 0 saturated heterocycles. The van der Waals surface area contributed by atoms with E-state index < -0.39 is 0 Å². The van der Waals surface area contributed by atoms with Crippen LogP contribution in [-0.4, -0.2) is 32.5 Å². The van der Waals surface area contributed by atoms with Crippen LogP contribution in [0.15, 0.2) is 42.1 Å². The summed E-state index contributed by atoms with van der Waals surface area (Å²) in [5.74, 6) is 1.60. The molecule has 1 aliphatic rings. The van der Waals surface area contributed by atoms with Crippen LogP contribution in [0.1, 0.15) is 44.5 Å². The number of nitrogens with one attached hydrogen (secondary N) is 1. The Labute approximate surface area is 174 Å². The highest BCUT2D eigenvalue weighted by atomic mass is 35.5. The molecule has 28 heavy (non-hydrogen) atoms. The van der Waals surface area contributed by atoms with E-state index >= 15 is 0 Å². The third-order valence-corrected chi connectivity index (χ3v) is 5.89. The van der Waals surface area contributed by atoms with E-state index in [1.54, 1.807) is 12.1 Å². The molecule has 3 rings (SSSR count). The van der Waals surface area contributed by atoms with E-state index in [2.05, 4.69) is 22.1 Å². The van der Waals surface area contributed by atoms with Crippen LogP contribution in [0.25, 0.3) is 0 Å². The van der Waals surface area contributed by atoms with Gasteiger partial charge in [-0.05, 0) is 31.9 Å². The summed E-state index contributed by atoms with van der Waals surface area (Å²) in [5.41, 5.74) is 0. The van der Waals surface area contributed by atoms with Gasteiger partial charge in [0.15, 0.2) is 17.1 Å². The minimum Gasteiger partial charge on any atom is -0.481 e. The quantitative estimate of drug-likeness (QED) is 0.480. The highest BCUT2D eigenvalue weighted by molar-refractivity contribution is 7.99. The first-order chi connectivity index (χ1) is 13.6. The van der Waals surface area contributed by atoms with Gasteiger partial charge in [-0.15, -0.1) is 16.8 Å². The Morgan fingerprint density at radius 1 is 1.43 bits per heavy atom. The molecule has 1 atom stereocenters. The van der Waals surface area contributed by atoms with Gasteiger partial charge >= 0.3 is 0 Å². The van der Waals surface area contributed by atoms with E-state index in [4.69, 9.17) is 16.3 Å². The molecule has 8 heteroatoms. The van der Waals surface area contributed by atoms with Gasteiger partial charge in [0.1, 0.15) is 5.75 Å². The Morgan fingerprint density at radius 3 is 2.89 bits per heavy atom. The molecule has 1 aromatic carbocycles. The van der Waals surface area contributed by atoms with Gasteiger partial charge in [0.25, 0.3) is 0 Å². The topological polar surface area (TPSA) is 69.0 Å². The number of para-hydroxylation sites is 1. The second-order valence-corrected chi connectivity index (χ2v) is 8.12. The minimum atomic E-state index is -0.353. The molecule has 2 aromatic rings. The van der Waals surface area contributed by atoms with E-state index in [-0.39, 0.29) is 12.0 Å². The number of aromatic nitrogens is 3. The molecular formula is C20H25ClN4O2S. The van der Waals surface area contributed by atoms with Crippen LogP contribution in [0.4, 0.5) is 0 Å². The predicted molar refractivity (Wildman–Crippen MR) is 112 cm³/mol. The van der Waals surface area contributed by atoms with Gasteiger partial charge in [0.2, 0.25) is 5.91 Å². The van der Waals surface area contributed by atoms with Gasteiger partial charge in [-0.3, -0.25) is 9.36 Å². The van der Waals surface area contributed by atoms with Crippen LogP contribution in [0.5, 0.6) is 5.75 Å². The van der Waals surface area contributed by atoms with Crippen LogP contribution < -0.4 is 10.1 Å². The molecular weight excluding hydrogens is 396 g/mol. The van der Waals surface area contributed by atoms with Crippen molar-refractivity contribution in [2.45, 2.75) is 56.5 Å². The van der Waals surface area contributed by atoms with Crippen molar-refractivity contribution in [2.24, 2.45) is 0 Å². The molecule has 1 unspecified atom stereocenters. The number of hydrogen-bond acceptors (Lipinski definition) is 5. The summed E-state index contributed by atoms with van der Waals surface area (Å²) in [5, 5.41) is 12.9. The zero-order chi connectivity index (χ0) is 19.9. The fourth-order valence-electron chi connectivity index (χ4n) is 3.26. The zero-order valence-corrected chi connectivity index (χ0v) is 17.5. The van der Waals surface area contributed by atoms with Crippen molar-refractivity contribution < 1.29 is 9.53 Å². The van der Waals surface area contributed by atoms with Gasteiger partial charge in [0.05, 0.1) is 10.8 Å². The van der Waals surface area contributed by atoms with Crippen molar-refractivity contribution in [3.63, 3.8) is 0 Å². The van der Waals surface area contributed by atoms with Crippen molar-refractivity contribution in [3.05, 3.63) is 47.8 Å². The average molecular weight is 421 g/mol. The first-order valence-electron chi connectivity index (χ1n) is 9.45. The van der Waals surface area contributed by atoms with Gasteiger partial charge < -0.3 is 10.1 Å². The second kappa shape index (κ2) is 9.98. The van der Waals surface area contributed by atoms with Crippen molar-refractivity contribution in [1.82, 2.24) is 20.1 Å². The summed E-state index contributed by atoms with van der Waals surface area (Å²) in [7, 11) is 0. The maximum absolute atomic E-state index is 12.2. The van der Waals surface area contributed by atoms with E-state index in [9.17, 15) is 4.79 Å². The molecule has 1 aromatic heterocycles. The minimum absolute atomic E-state index is 0.0342. The number of thioether (sulfide) groups is 1. The van der Waals surface area contributed by atoms with Crippen molar-refractivity contribution in [2.75, 3.05) is 5.75 Å². The average Bonchev–Trinajstić information content (AvgIpc) is 3.32. The summed E-state index contributed by atoms with van der Waals surface area (Å²) >= 11 is 7.56. The second-order valence-electron chi connectivity index (χ2n) is 6.77. The number of benzene rings is 1. The lowest BCUT2D eigenvalue weighted by Crippen LogP contribution is -2.33. The molecule has 1 fully saturated rings. The Bertz CT molecular complexity index is 820. The van der Waals surface area contributed by atoms with Gasteiger partial charge in [0, 0.05) is 12.6 Å². The molecule has 1 heterocycles. The molecule has 0 bridgehead atoms. The molecule has 0 spiro atoms. The van der Waals surface area contributed by atoms with Crippen molar-refractivity contribution in [3.8, 4) is 5.75 Å². The van der Waals surface area contributed by atoms with Crippen LogP contribution in [0.2, 0.25) is 5.02 Å². The fraction of sp³-hybridized carbons (Fsp3) is 0.450. The van der Waals surface area contributed by atoms with Crippen LogP contribution >= 0.6 is 23.4 Å². The molecule has 1 aliphatic carbocycles. The summed E-state index contributed by atoms with van der Waals surface area (Å²) in [4.78, 5) is 12.2. The van der Waals surface area contributed by atoms with Crippen LogP contribution in [0, 0.1) is 0 Å². The Balaban J connectivity index is 1.65. The van der Waals surface area contributed by atoms with Gasteiger partial charge in [-0.25, -0.2) is 0 Å². The molecule has 1 N–H and O–H groups in total. The largest absolute Gasteiger partial charge is 0.481 e.